The molecule has 0 saturated heterocycles. The van der Waals surface area contributed by atoms with Crippen LogP contribution in [0.25, 0.3) is 22.4 Å². The largest absolute Gasteiger partial charge is 0.390 e. The number of anilines is 3. The van der Waals surface area contributed by atoms with Crippen molar-refractivity contribution in [3.8, 4) is 5.82 Å². The lowest BCUT2D eigenvalue weighted by Crippen LogP contribution is -2.36. The highest BCUT2D eigenvalue weighted by Crippen LogP contribution is 2.43. The first-order valence-corrected chi connectivity index (χ1v) is 10.8. The van der Waals surface area contributed by atoms with Crippen molar-refractivity contribution in [1.29, 1.82) is 0 Å². The van der Waals surface area contributed by atoms with Crippen molar-refractivity contribution in [2.75, 3.05) is 23.3 Å². The number of hydrogen-bond acceptors (Lipinski definition) is 6. The van der Waals surface area contributed by atoms with Crippen LogP contribution >= 0.6 is 0 Å². The molecule has 1 atom stereocenters. The summed E-state index contributed by atoms with van der Waals surface area (Å²) in [6, 6.07) is 14.3. The van der Waals surface area contributed by atoms with Gasteiger partial charge < -0.3 is 15.5 Å². The zero-order valence-corrected chi connectivity index (χ0v) is 17.6. The molecule has 4 heterocycles. The first-order valence-electron chi connectivity index (χ1n) is 10.8. The van der Waals surface area contributed by atoms with Crippen molar-refractivity contribution < 1.29 is 4.39 Å². The molecule has 4 aromatic rings. The molecule has 6 rings (SSSR count). The SMILES string of the molecule is CCN1c2cc(Nc3ncc(F)c(-n4cnc5ccccc54)n3)ccc2C2=CNCCC21. The van der Waals surface area contributed by atoms with Crippen LogP contribution in [0.1, 0.15) is 18.9 Å². The van der Waals surface area contributed by atoms with E-state index in [1.54, 1.807) is 10.9 Å². The molecule has 2 aromatic heterocycles. The van der Waals surface area contributed by atoms with Gasteiger partial charge in [-0.05, 0) is 43.2 Å². The Hall–Kier alpha value is -3.94. The number of aromatic nitrogens is 4. The smallest absolute Gasteiger partial charge is 0.229 e. The van der Waals surface area contributed by atoms with Crippen LogP contribution in [-0.4, -0.2) is 38.7 Å². The maximum absolute atomic E-state index is 14.6. The summed E-state index contributed by atoms with van der Waals surface area (Å²) >= 11 is 0. The highest BCUT2D eigenvalue weighted by Gasteiger charge is 2.34. The highest BCUT2D eigenvalue weighted by molar-refractivity contribution is 5.90. The van der Waals surface area contributed by atoms with Gasteiger partial charge in [0.05, 0.1) is 23.3 Å². The molecule has 0 radical (unpaired) electrons. The second-order valence-corrected chi connectivity index (χ2v) is 7.97. The van der Waals surface area contributed by atoms with E-state index in [1.807, 2.05) is 30.3 Å². The van der Waals surface area contributed by atoms with Crippen molar-refractivity contribution in [1.82, 2.24) is 24.8 Å². The first kappa shape index (κ1) is 18.8. The summed E-state index contributed by atoms with van der Waals surface area (Å²) in [6.45, 7) is 4.10. The van der Waals surface area contributed by atoms with Crippen molar-refractivity contribution >= 4 is 33.9 Å². The number of benzene rings is 2. The molecular formula is C24H22FN7. The zero-order valence-electron chi connectivity index (χ0n) is 17.6. The topological polar surface area (TPSA) is 70.9 Å². The molecule has 32 heavy (non-hydrogen) atoms. The Morgan fingerprint density at radius 3 is 3.00 bits per heavy atom. The Balaban J connectivity index is 1.35. The van der Waals surface area contributed by atoms with Crippen molar-refractivity contribution in [3.05, 3.63) is 72.6 Å². The third-order valence-electron chi connectivity index (χ3n) is 6.18. The zero-order chi connectivity index (χ0) is 21.7. The van der Waals surface area contributed by atoms with E-state index in [0.29, 0.717) is 12.0 Å². The van der Waals surface area contributed by atoms with E-state index in [2.05, 4.69) is 55.7 Å². The van der Waals surface area contributed by atoms with Gasteiger partial charge in [-0.15, -0.1) is 0 Å². The fourth-order valence-electron chi connectivity index (χ4n) is 4.73. The Labute approximate surface area is 184 Å². The summed E-state index contributed by atoms with van der Waals surface area (Å²) in [5.41, 5.74) is 6.22. The molecule has 0 saturated carbocycles. The summed E-state index contributed by atoms with van der Waals surface area (Å²) in [6.07, 6.45) is 6.00. The van der Waals surface area contributed by atoms with Gasteiger partial charge in [-0.3, -0.25) is 4.57 Å². The number of rotatable bonds is 4. The van der Waals surface area contributed by atoms with E-state index in [1.165, 1.54) is 23.0 Å². The summed E-state index contributed by atoms with van der Waals surface area (Å²) in [5.74, 6) is -0.0124. The van der Waals surface area contributed by atoms with E-state index in [9.17, 15) is 4.39 Å². The van der Waals surface area contributed by atoms with Gasteiger partial charge in [-0.1, -0.05) is 18.2 Å². The van der Waals surface area contributed by atoms with Crippen molar-refractivity contribution in [2.24, 2.45) is 0 Å². The molecule has 1 unspecified atom stereocenters. The number of halogens is 1. The summed E-state index contributed by atoms with van der Waals surface area (Å²) < 4.78 is 16.3. The Kier molecular flexibility index (Phi) is 4.31. The fourth-order valence-corrected chi connectivity index (χ4v) is 4.73. The van der Waals surface area contributed by atoms with E-state index in [4.69, 9.17) is 0 Å². The van der Waals surface area contributed by atoms with Gasteiger partial charge >= 0.3 is 0 Å². The lowest BCUT2D eigenvalue weighted by molar-refractivity contribution is 0.604. The van der Waals surface area contributed by atoms with Gasteiger partial charge in [0.1, 0.15) is 6.33 Å². The van der Waals surface area contributed by atoms with E-state index < -0.39 is 5.82 Å². The predicted octanol–water partition coefficient (Wildman–Crippen LogP) is 4.24. The molecule has 8 heteroatoms. The van der Waals surface area contributed by atoms with Gasteiger partial charge in [0.2, 0.25) is 5.95 Å². The molecule has 0 aliphatic carbocycles. The average molecular weight is 427 g/mol. The Bertz CT molecular complexity index is 1360. The van der Waals surface area contributed by atoms with E-state index in [-0.39, 0.29) is 5.82 Å². The van der Waals surface area contributed by atoms with Crippen LogP contribution in [0.3, 0.4) is 0 Å². The lowest BCUT2D eigenvalue weighted by atomic mass is 9.99. The molecule has 0 spiro atoms. The number of nitrogens with one attached hydrogen (secondary N) is 2. The van der Waals surface area contributed by atoms with Crippen LogP contribution in [0, 0.1) is 5.82 Å². The second kappa shape index (κ2) is 7.33. The lowest BCUT2D eigenvalue weighted by Gasteiger charge is -2.29. The number of nitrogens with zero attached hydrogens (tertiary/aromatic N) is 5. The van der Waals surface area contributed by atoms with Gasteiger partial charge in [-0.25, -0.2) is 14.4 Å². The van der Waals surface area contributed by atoms with Gasteiger partial charge in [0, 0.05) is 36.2 Å². The molecular weight excluding hydrogens is 405 g/mol. The maximum atomic E-state index is 14.6. The molecule has 7 nitrogen and oxygen atoms in total. The summed E-state index contributed by atoms with van der Waals surface area (Å²) in [5, 5.41) is 6.62. The number of hydrogen-bond donors (Lipinski definition) is 2. The monoisotopic (exact) mass is 427 g/mol. The molecule has 160 valence electrons. The Morgan fingerprint density at radius 2 is 2.09 bits per heavy atom. The molecule has 0 bridgehead atoms. The van der Waals surface area contributed by atoms with E-state index >= 15 is 0 Å². The van der Waals surface area contributed by atoms with Crippen LogP contribution in [0.5, 0.6) is 0 Å². The van der Waals surface area contributed by atoms with Gasteiger partial charge in [0.15, 0.2) is 11.6 Å². The molecule has 2 N–H and O–H groups in total. The predicted molar refractivity (Wildman–Crippen MR) is 124 cm³/mol. The minimum atomic E-state index is -0.506. The third kappa shape index (κ3) is 2.90. The number of fused-ring (bicyclic) bond motifs is 4. The quantitative estimate of drug-likeness (QED) is 0.508. The summed E-state index contributed by atoms with van der Waals surface area (Å²) in [4.78, 5) is 15.4. The molecule has 2 aromatic carbocycles. The minimum Gasteiger partial charge on any atom is -0.390 e. The third-order valence-corrected chi connectivity index (χ3v) is 6.18. The number of imidazole rings is 1. The molecule has 2 aliphatic rings. The Morgan fingerprint density at radius 1 is 1.19 bits per heavy atom. The van der Waals surface area contributed by atoms with Crippen molar-refractivity contribution in [2.45, 2.75) is 19.4 Å². The van der Waals surface area contributed by atoms with Crippen molar-refractivity contribution in [3.63, 3.8) is 0 Å². The second-order valence-electron chi connectivity index (χ2n) is 7.97. The molecule has 0 fully saturated rings. The van der Waals surface area contributed by atoms with Gasteiger partial charge in [-0.2, -0.15) is 4.98 Å². The first-order chi connectivity index (χ1) is 15.7. The highest BCUT2D eigenvalue weighted by atomic mass is 19.1. The number of para-hydroxylation sites is 2. The van der Waals surface area contributed by atoms with Gasteiger partial charge in [0.25, 0.3) is 0 Å². The normalized spacial score (nSPS) is 17.0. The van der Waals surface area contributed by atoms with Crippen LogP contribution < -0.4 is 15.5 Å². The minimum absolute atomic E-state index is 0.162. The average Bonchev–Trinajstić information content (AvgIpc) is 3.39. The fraction of sp³-hybridized carbons (Fsp3) is 0.208. The van der Waals surface area contributed by atoms with Crippen LogP contribution in [0.15, 0.2) is 61.2 Å². The van der Waals surface area contributed by atoms with Crippen LogP contribution in [0.2, 0.25) is 0 Å². The number of likely N-dealkylation sites (N-methyl/N-ethyl adjacent to an activating group) is 1. The molecule has 2 aliphatic heterocycles. The summed E-state index contributed by atoms with van der Waals surface area (Å²) in [7, 11) is 0. The van der Waals surface area contributed by atoms with Crippen LogP contribution in [0.4, 0.5) is 21.7 Å². The van der Waals surface area contributed by atoms with E-state index in [0.717, 1.165) is 36.2 Å². The maximum Gasteiger partial charge on any atom is 0.229 e. The standard InChI is InChI=1S/C24H22FN7/c1-2-31-20-9-10-26-12-17(20)16-8-7-15(11-22(16)31)29-24-27-13-18(25)23(30-24)32-14-28-19-5-3-4-6-21(19)32/h3-8,11-14,20,26H,2,9-10H2,1H3,(H,27,29,30). The van der Waals surface area contributed by atoms with Crippen LogP contribution in [-0.2, 0) is 0 Å². The molecule has 0 amide bonds.